The van der Waals surface area contributed by atoms with Crippen molar-refractivity contribution in [1.29, 1.82) is 0 Å². The first-order valence-corrected chi connectivity index (χ1v) is 14.6. The lowest BCUT2D eigenvalue weighted by atomic mass is 10.1. The summed E-state index contributed by atoms with van der Waals surface area (Å²) in [6.07, 6.45) is -1.99. The standard InChI is InChI=1S/C29H29F3N8O3S/c1-14-21(27-37-22-15(2)33-10-8-20(22)44-27)26(36-19-12-17(13-41)23(42)24(19)43)39-28(35-14)38-25(29(30,31)32)16-4-6-18(7-5-16)40-11-3-9-34-40/h3-11,17,19,23-25,41-43H,12-13H2,1-2H3,(H2,35,36,38,39)/t17-,19-,23-,24+,25+/m1/s1. The summed E-state index contributed by atoms with van der Waals surface area (Å²) in [5, 5.41) is 41.0. The highest BCUT2D eigenvalue weighted by Crippen LogP contribution is 2.40. The number of pyridine rings is 1. The minimum atomic E-state index is -4.70. The summed E-state index contributed by atoms with van der Waals surface area (Å²) in [5.74, 6) is -0.741. The number of aryl methyl sites for hydroxylation is 2. The van der Waals surface area contributed by atoms with Crippen LogP contribution >= 0.6 is 11.3 Å². The number of nitrogens with zero attached hydrogens (tertiary/aromatic N) is 6. The summed E-state index contributed by atoms with van der Waals surface area (Å²) >= 11 is 1.35. The number of aromatic nitrogens is 6. The summed E-state index contributed by atoms with van der Waals surface area (Å²) in [4.78, 5) is 17.9. The lowest BCUT2D eigenvalue weighted by Gasteiger charge is -2.24. The van der Waals surface area contributed by atoms with Crippen molar-refractivity contribution in [3.05, 3.63) is 71.9 Å². The highest BCUT2D eigenvalue weighted by molar-refractivity contribution is 7.21. The van der Waals surface area contributed by atoms with Crippen molar-refractivity contribution in [2.75, 3.05) is 17.2 Å². The predicted octanol–water partition coefficient (Wildman–Crippen LogP) is 4.18. The Kier molecular flexibility index (Phi) is 7.96. The number of fused-ring (bicyclic) bond motifs is 1. The van der Waals surface area contributed by atoms with Gasteiger partial charge in [-0.15, -0.1) is 11.3 Å². The molecule has 5 N–H and O–H groups in total. The van der Waals surface area contributed by atoms with Gasteiger partial charge in [-0.2, -0.15) is 23.3 Å². The molecule has 15 heteroatoms. The maximum absolute atomic E-state index is 14.4. The first-order valence-electron chi connectivity index (χ1n) is 13.8. The molecule has 1 aromatic carbocycles. The van der Waals surface area contributed by atoms with E-state index in [1.165, 1.54) is 28.2 Å². The van der Waals surface area contributed by atoms with E-state index in [4.69, 9.17) is 4.98 Å². The normalized spacial score (nSPS) is 21.1. The van der Waals surface area contributed by atoms with Crippen LogP contribution in [0.3, 0.4) is 0 Å². The van der Waals surface area contributed by atoms with E-state index in [1.807, 2.05) is 13.0 Å². The Bertz CT molecular complexity index is 1760. The van der Waals surface area contributed by atoms with Crippen molar-refractivity contribution in [3.8, 4) is 16.3 Å². The van der Waals surface area contributed by atoms with Crippen LogP contribution in [0, 0.1) is 19.8 Å². The number of anilines is 2. The number of aliphatic hydroxyl groups excluding tert-OH is 3. The number of halogens is 3. The van der Waals surface area contributed by atoms with E-state index in [0.717, 1.165) is 4.70 Å². The molecule has 0 aliphatic heterocycles. The Morgan fingerprint density at radius 2 is 1.80 bits per heavy atom. The Morgan fingerprint density at radius 3 is 2.43 bits per heavy atom. The van der Waals surface area contributed by atoms with E-state index in [9.17, 15) is 28.5 Å². The van der Waals surface area contributed by atoms with Crippen LogP contribution in [0.5, 0.6) is 0 Å². The van der Waals surface area contributed by atoms with Gasteiger partial charge in [0.15, 0.2) is 6.04 Å². The molecule has 1 aliphatic carbocycles. The highest BCUT2D eigenvalue weighted by Gasteiger charge is 2.43. The molecule has 0 unspecified atom stereocenters. The SMILES string of the molecule is Cc1nc(N[C@@H](c2ccc(-n3cccn3)cc2)C(F)(F)F)nc(N[C@@H]2C[C@H](CO)[C@@H](O)[C@H]2O)c1-c1nc2c(C)nccc2s1. The fourth-order valence-corrected chi connectivity index (χ4v) is 6.55. The van der Waals surface area contributed by atoms with E-state index in [1.54, 1.807) is 43.7 Å². The van der Waals surface area contributed by atoms with Gasteiger partial charge >= 0.3 is 6.18 Å². The van der Waals surface area contributed by atoms with Crippen LogP contribution in [0.4, 0.5) is 24.9 Å². The number of alkyl halides is 3. The minimum Gasteiger partial charge on any atom is -0.396 e. The highest BCUT2D eigenvalue weighted by atomic mass is 32.1. The number of hydrogen-bond donors (Lipinski definition) is 5. The van der Waals surface area contributed by atoms with E-state index in [0.29, 0.717) is 33.2 Å². The molecular weight excluding hydrogens is 597 g/mol. The van der Waals surface area contributed by atoms with Gasteiger partial charge in [0.25, 0.3) is 0 Å². The summed E-state index contributed by atoms with van der Waals surface area (Å²) in [6, 6.07) is 6.46. The smallest absolute Gasteiger partial charge is 0.396 e. The van der Waals surface area contributed by atoms with Crippen molar-refractivity contribution in [1.82, 2.24) is 29.7 Å². The third-order valence-electron chi connectivity index (χ3n) is 7.75. The van der Waals surface area contributed by atoms with Crippen molar-refractivity contribution >= 4 is 33.3 Å². The first kappa shape index (κ1) is 29.9. The van der Waals surface area contributed by atoms with Gasteiger partial charge in [-0.05, 0) is 50.1 Å². The largest absolute Gasteiger partial charge is 0.412 e. The van der Waals surface area contributed by atoms with Crippen LogP contribution in [0.25, 0.3) is 26.5 Å². The summed E-state index contributed by atoms with van der Waals surface area (Å²) in [6.45, 7) is 3.13. The van der Waals surface area contributed by atoms with Crippen LogP contribution in [0.1, 0.15) is 29.4 Å². The monoisotopic (exact) mass is 626 g/mol. The molecule has 4 heterocycles. The maximum Gasteiger partial charge on any atom is 0.412 e. The third kappa shape index (κ3) is 5.70. The van der Waals surface area contributed by atoms with E-state index in [2.05, 4.69) is 30.7 Å². The third-order valence-corrected chi connectivity index (χ3v) is 8.79. The Hall–Kier alpha value is -4.18. The lowest BCUT2D eigenvalue weighted by Crippen LogP contribution is -2.36. The molecule has 44 heavy (non-hydrogen) atoms. The molecule has 5 atom stereocenters. The molecule has 1 saturated carbocycles. The zero-order chi connectivity index (χ0) is 31.2. The van der Waals surface area contributed by atoms with Gasteiger partial charge in [0.1, 0.15) is 22.4 Å². The van der Waals surface area contributed by atoms with E-state index >= 15 is 0 Å². The van der Waals surface area contributed by atoms with Gasteiger partial charge in [-0.25, -0.2) is 14.6 Å². The average Bonchev–Trinajstić information content (AvgIpc) is 3.73. The number of benzene rings is 1. The molecule has 0 radical (unpaired) electrons. The van der Waals surface area contributed by atoms with Crippen LogP contribution in [-0.4, -0.2) is 76.1 Å². The van der Waals surface area contributed by atoms with Crippen LogP contribution < -0.4 is 10.6 Å². The van der Waals surface area contributed by atoms with Crippen molar-refractivity contribution in [2.45, 2.75) is 50.7 Å². The quantitative estimate of drug-likeness (QED) is 0.170. The molecule has 230 valence electrons. The molecule has 6 rings (SSSR count). The van der Waals surface area contributed by atoms with Crippen molar-refractivity contribution in [2.24, 2.45) is 5.92 Å². The molecule has 11 nitrogen and oxygen atoms in total. The average molecular weight is 627 g/mol. The summed E-state index contributed by atoms with van der Waals surface area (Å²) < 4.78 is 45.7. The van der Waals surface area contributed by atoms with Gasteiger partial charge in [0, 0.05) is 31.1 Å². The molecular formula is C29H29F3N8O3S. The van der Waals surface area contributed by atoms with Crippen LogP contribution in [0.2, 0.25) is 0 Å². The van der Waals surface area contributed by atoms with Crippen molar-refractivity contribution < 1.29 is 28.5 Å². The lowest BCUT2D eigenvalue weighted by molar-refractivity contribution is -0.144. The van der Waals surface area contributed by atoms with E-state index < -0.39 is 36.4 Å². The second-order valence-corrected chi connectivity index (χ2v) is 11.7. The molecule has 1 fully saturated rings. The molecule has 0 amide bonds. The Balaban J connectivity index is 1.40. The number of hydrogen-bond acceptors (Lipinski definition) is 11. The Morgan fingerprint density at radius 1 is 1.02 bits per heavy atom. The van der Waals surface area contributed by atoms with E-state index in [-0.39, 0.29) is 30.4 Å². The first-order chi connectivity index (χ1) is 21.0. The zero-order valence-electron chi connectivity index (χ0n) is 23.6. The maximum atomic E-state index is 14.4. The number of nitrogens with one attached hydrogen (secondary N) is 2. The zero-order valence-corrected chi connectivity index (χ0v) is 24.4. The Labute approximate surface area is 253 Å². The minimum absolute atomic E-state index is 0.0532. The molecule has 0 saturated heterocycles. The number of thiazole rings is 1. The number of aliphatic hydroxyl groups is 3. The summed E-state index contributed by atoms with van der Waals surface area (Å²) in [5.41, 5.74) is 2.72. The molecule has 1 aliphatic rings. The second kappa shape index (κ2) is 11.7. The van der Waals surface area contributed by atoms with Crippen LogP contribution in [0.15, 0.2) is 55.0 Å². The van der Waals surface area contributed by atoms with Gasteiger partial charge in [-0.3, -0.25) is 4.98 Å². The fraction of sp³-hybridized carbons (Fsp3) is 0.345. The topological polar surface area (TPSA) is 154 Å². The van der Waals surface area contributed by atoms with Gasteiger partial charge in [0.05, 0.1) is 39.5 Å². The predicted molar refractivity (Wildman–Crippen MR) is 159 cm³/mol. The second-order valence-electron chi connectivity index (χ2n) is 10.7. The molecule has 0 spiro atoms. The van der Waals surface area contributed by atoms with Crippen LogP contribution in [-0.2, 0) is 0 Å². The molecule has 5 aromatic rings. The molecule has 4 aromatic heterocycles. The van der Waals surface area contributed by atoms with Gasteiger partial charge in [-0.1, -0.05) is 12.1 Å². The fourth-order valence-electron chi connectivity index (χ4n) is 5.44. The van der Waals surface area contributed by atoms with Crippen molar-refractivity contribution in [3.63, 3.8) is 0 Å². The van der Waals surface area contributed by atoms with Gasteiger partial charge in [0.2, 0.25) is 5.95 Å². The summed E-state index contributed by atoms with van der Waals surface area (Å²) in [7, 11) is 0. The number of rotatable bonds is 8. The van der Waals surface area contributed by atoms with Gasteiger partial charge < -0.3 is 26.0 Å². The molecule has 0 bridgehead atoms.